The Morgan fingerprint density at radius 2 is 2.42 bits per heavy atom. The molecule has 1 fully saturated rings. The molecule has 1 amide bonds. The van der Waals surface area contributed by atoms with Gasteiger partial charge in [0, 0.05) is 36.0 Å². The molecule has 1 aliphatic heterocycles. The third kappa shape index (κ3) is 2.32. The number of amides is 1. The molecule has 5 nitrogen and oxygen atoms in total. The number of aromatic amines is 1. The number of aromatic nitrogens is 3. The fraction of sp³-hybridized carbons (Fsp3) is 0.385. The van der Waals surface area contributed by atoms with Gasteiger partial charge in [-0.05, 0) is 34.8 Å². The van der Waals surface area contributed by atoms with E-state index in [-0.39, 0.29) is 11.9 Å². The van der Waals surface area contributed by atoms with Crippen LogP contribution in [-0.4, -0.2) is 32.1 Å². The largest absolute Gasteiger partial charge is 0.356 e. The van der Waals surface area contributed by atoms with E-state index in [0.717, 1.165) is 29.4 Å². The number of aryl methyl sites for hydroxylation is 1. The minimum atomic E-state index is 0.0528. The van der Waals surface area contributed by atoms with Crippen molar-refractivity contribution in [3.63, 3.8) is 0 Å². The summed E-state index contributed by atoms with van der Waals surface area (Å²) in [6, 6.07) is 1.96. The summed E-state index contributed by atoms with van der Waals surface area (Å²) in [7, 11) is 1.90. The molecule has 0 unspecified atom stereocenters. The molecule has 6 heteroatoms. The average molecular weight is 323 g/mol. The highest BCUT2D eigenvalue weighted by Gasteiger charge is 2.31. The number of nitrogens with one attached hydrogen (secondary N) is 1. The van der Waals surface area contributed by atoms with E-state index in [0.29, 0.717) is 5.69 Å². The van der Waals surface area contributed by atoms with Crippen molar-refractivity contribution in [3.05, 3.63) is 40.4 Å². The van der Waals surface area contributed by atoms with Gasteiger partial charge in [-0.1, -0.05) is 0 Å². The van der Waals surface area contributed by atoms with Gasteiger partial charge in [0.1, 0.15) is 5.69 Å². The molecule has 2 aromatic rings. The van der Waals surface area contributed by atoms with Crippen LogP contribution in [0.2, 0.25) is 0 Å². The Labute approximate surface area is 119 Å². The topological polar surface area (TPSA) is 53.9 Å². The van der Waals surface area contributed by atoms with Crippen LogP contribution in [0.25, 0.3) is 0 Å². The molecule has 3 rings (SSSR count). The molecule has 1 aliphatic rings. The van der Waals surface area contributed by atoms with Crippen LogP contribution in [0.5, 0.6) is 0 Å². The molecule has 1 N–H and O–H groups in total. The maximum Gasteiger partial charge on any atom is 0.270 e. The number of halogens is 1. The summed E-state index contributed by atoms with van der Waals surface area (Å²) in [6.07, 6.45) is 7.65. The van der Waals surface area contributed by atoms with Gasteiger partial charge in [-0.15, -0.1) is 0 Å². The highest BCUT2D eigenvalue weighted by molar-refractivity contribution is 9.10. The molecule has 0 saturated carbocycles. The molecule has 0 aliphatic carbocycles. The Balaban J connectivity index is 1.85. The molecule has 0 aromatic carbocycles. The van der Waals surface area contributed by atoms with Gasteiger partial charge in [-0.3, -0.25) is 9.48 Å². The number of carbonyl (C=O) groups is 1. The number of nitrogens with zero attached hydrogens (tertiary/aromatic N) is 3. The predicted octanol–water partition coefficient (Wildman–Crippen LogP) is 2.49. The molecule has 3 heterocycles. The number of rotatable bonds is 2. The summed E-state index contributed by atoms with van der Waals surface area (Å²) in [6.45, 7) is 0.801. The van der Waals surface area contributed by atoms with Crippen LogP contribution in [0.15, 0.2) is 29.1 Å². The summed E-state index contributed by atoms with van der Waals surface area (Å²) in [5.74, 6) is 0.0528. The smallest absolute Gasteiger partial charge is 0.270 e. The van der Waals surface area contributed by atoms with Crippen molar-refractivity contribution in [2.45, 2.75) is 18.9 Å². The first kappa shape index (κ1) is 12.5. The maximum atomic E-state index is 12.5. The predicted molar refractivity (Wildman–Crippen MR) is 74.7 cm³/mol. The zero-order chi connectivity index (χ0) is 13.4. The van der Waals surface area contributed by atoms with E-state index in [1.54, 1.807) is 10.9 Å². The number of H-pyrrole nitrogens is 1. The summed E-state index contributed by atoms with van der Waals surface area (Å²) in [5, 5.41) is 4.20. The van der Waals surface area contributed by atoms with E-state index in [1.807, 2.05) is 30.4 Å². The zero-order valence-corrected chi connectivity index (χ0v) is 12.2. The first-order valence-corrected chi connectivity index (χ1v) is 7.08. The van der Waals surface area contributed by atoms with Crippen molar-refractivity contribution >= 4 is 21.8 Å². The molecule has 0 spiro atoms. The third-order valence-electron chi connectivity index (χ3n) is 3.50. The summed E-state index contributed by atoms with van der Waals surface area (Å²) >= 11 is 3.36. The van der Waals surface area contributed by atoms with Gasteiger partial charge in [0.2, 0.25) is 0 Å². The lowest BCUT2D eigenvalue weighted by Gasteiger charge is -2.23. The Morgan fingerprint density at radius 1 is 1.58 bits per heavy atom. The fourth-order valence-electron chi connectivity index (χ4n) is 2.61. The molecule has 0 radical (unpaired) electrons. The molecular formula is C13H15BrN4O. The summed E-state index contributed by atoms with van der Waals surface area (Å²) in [5.41, 5.74) is 1.74. The normalized spacial score (nSPS) is 19.1. The number of likely N-dealkylation sites (tertiary alicyclic amines) is 1. The van der Waals surface area contributed by atoms with Gasteiger partial charge in [0.05, 0.1) is 12.2 Å². The van der Waals surface area contributed by atoms with Crippen molar-refractivity contribution in [3.8, 4) is 0 Å². The van der Waals surface area contributed by atoms with Gasteiger partial charge in [0.25, 0.3) is 5.91 Å². The molecule has 19 heavy (non-hydrogen) atoms. The SMILES string of the molecule is Cn1cc([C@@H]2CCCN2C(=O)c2cc(Br)c[nH]2)cn1. The van der Waals surface area contributed by atoms with Crippen LogP contribution >= 0.6 is 15.9 Å². The Hall–Kier alpha value is -1.56. The molecule has 2 aromatic heterocycles. The third-order valence-corrected chi connectivity index (χ3v) is 3.96. The van der Waals surface area contributed by atoms with Crippen molar-refractivity contribution < 1.29 is 4.79 Å². The number of hydrogen-bond donors (Lipinski definition) is 1. The van der Waals surface area contributed by atoms with Crippen molar-refractivity contribution in [2.24, 2.45) is 7.05 Å². The highest BCUT2D eigenvalue weighted by atomic mass is 79.9. The quantitative estimate of drug-likeness (QED) is 0.923. The monoisotopic (exact) mass is 322 g/mol. The standard InChI is InChI=1S/C13H15BrN4O/c1-17-8-9(6-16-17)12-3-2-4-18(12)13(19)11-5-10(14)7-15-11/h5-8,12,15H,2-4H2,1H3/t12-/m0/s1. The van der Waals surface area contributed by atoms with Crippen LogP contribution in [-0.2, 0) is 7.05 Å². The second kappa shape index (κ2) is 4.85. The summed E-state index contributed by atoms with van der Waals surface area (Å²) < 4.78 is 2.68. The van der Waals surface area contributed by atoms with Crippen molar-refractivity contribution in [1.29, 1.82) is 0 Å². The highest BCUT2D eigenvalue weighted by Crippen LogP contribution is 2.32. The zero-order valence-electron chi connectivity index (χ0n) is 10.6. The fourth-order valence-corrected chi connectivity index (χ4v) is 2.96. The lowest BCUT2D eigenvalue weighted by molar-refractivity contribution is 0.0730. The van der Waals surface area contributed by atoms with Gasteiger partial charge in [0.15, 0.2) is 0 Å². The molecule has 0 bridgehead atoms. The van der Waals surface area contributed by atoms with Crippen LogP contribution in [0.3, 0.4) is 0 Å². The van der Waals surface area contributed by atoms with Crippen molar-refractivity contribution in [2.75, 3.05) is 6.54 Å². The Kier molecular flexibility index (Phi) is 3.18. The van der Waals surface area contributed by atoms with Crippen molar-refractivity contribution in [1.82, 2.24) is 19.7 Å². The minimum Gasteiger partial charge on any atom is -0.356 e. The van der Waals surface area contributed by atoms with E-state index in [1.165, 1.54) is 0 Å². The number of hydrogen-bond acceptors (Lipinski definition) is 2. The van der Waals surface area contributed by atoms with E-state index in [2.05, 4.69) is 26.0 Å². The summed E-state index contributed by atoms with van der Waals surface area (Å²) in [4.78, 5) is 17.4. The average Bonchev–Trinajstić information content (AvgIpc) is 3.07. The van der Waals surface area contributed by atoms with Crippen LogP contribution in [0, 0.1) is 0 Å². The van der Waals surface area contributed by atoms with Crippen LogP contribution in [0.4, 0.5) is 0 Å². The Bertz CT molecular complexity index is 603. The maximum absolute atomic E-state index is 12.5. The number of carbonyl (C=O) groups excluding carboxylic acids is 1. The van der Waals surface area contributed by atoms with Gasteiger partial charge in [-0.2, -0.15) is 5.10 Å². The van der Waals surface area contributed by atoms with Gasteiger partial charge >= 0.3 is 0 Å². The van der Waals surface area contributed by atoms with E-state index in [4.69, 9.17) is 0 Å². The van der Waals surface area contributed by atoms with Crippen LogP contribution < -0.4 is 0 Å². The second-order valence-electron chi connectivity index (χ2n) is 4.84. The van der Waals surface area contributed by atoms with E-state index < -0.39 is 0 Å². The first-order valence-electron chi connectivity index (χ1n) is 6.28. The molecule has 1 atom stereocenters. The first-order chi connectivity index (χ1) is 9.15. The van der Waals surface area contributed by atoms with Gasteiger partial charge in [-0.25, -0.2) is 0 Å². The van der Waals surface area contributed by atoms with E-state index in [9.17, 15) is 4.79 Å². The molecular weight excluding hydrogens is 308 g/mol. The molecule has 1 saturated heterocycles. The Morgan fingerprint density at radius 3 is 3.05 bits per heavy atom. The molecule has 100 valence electrons. The lowest BCUT2D eigenvalue weighted by atomic mass is 10.1. The minimum absolute atomic E-state index is 0.0528. The van der Waals surface area contributed by atoms with E-state index >= 15 is 0 Å². The lowest BCUT2D eigenvalue weighted by Crippen LogP contribution is -2.30. The second-order valence-corrected chi connectivity index (χ2v) is 5.75. The van der Waals surface area contributed by atoms with Gasteiger partial charge < -0.3 is 9.88 Å². The van der Waals surface area contributed by atoms with Crippen LogP contribution in [0.1, 0.15) is 34.9 Å².